The van der Waals surface area contributed by atoms with E-state index in [2.05, 4.69) is 97.8 Å². The van der Waals surface area contributed by atoms with E-state index in [1.165, 1.54) is 50.7 Å². The standard InChI is InChI=1S/2C25H26N6O5S.2C25H25N5O5S/c32-22(14-26-24(33)28-18-8-2-1-3-9-18)31-15-19(13-27-31)37(35,36)30-25(34)29-23-20-10-4-6-16(20)12-17-7-5-11-21(17)23;32-22(15-26-24(33)27-18-8-2-1-3-9-18)31-13-12-21(29-31)37(35,36)30-25(34)28-23-19-10-4-6-16(19)14-17-7-5-11-20(17)23;31-22(14-26-24(32)16-6-2-1-3-7-16)30-15-19(13-27-30)36(34,35)29-25(33)28-23-20-10-4-8-17(20)12-18-9-5-11-21(18)23;31-22(15-26-24(32)16-6-2-1-3-7-16)30-13-12-21(28-30)36(34,35)29-25(33)27-23-19-10-4-8-17(19)14-18-9-5-11-20(18)23/h1-3,8-9,12-13,15H,4-7,10-11,14H2,(H2,26,28,33)(H2,29,30,34);1-3,8-9,12-14H,4-7,10-11,15H2,(H2,26,27,33)(H2,28,30,34);1-3,6-7,12-13,15H,4-5,8-11,14H2,(H,26,32)(H2,28,29,33);1-3,6-7,12-14H,4-5,8-11,15H2,(H,26,32)(H2,27,29,33). The van der Waals surface area contributed by atoms with Gasteiger partial charge in [0.25, 0.3) is 75.5 Å². The van der Waals surface area contributed by atoms with Crippen LogP contribution in [0.25, 0.3) is 0 Å². The normalized spacial score (nSPS) is 14.0. The lowest BCUT2D eigenvalue weighted by Crippen LogP contribution is -2.36. The lowest BCUT2D eigenvalue weighted by Gasteiger charge is -2.16. The highest BCUT2D eigenvalue weighted by molar-refractivity contribution is 7.91. The van der Waals surface area contributed by atoms with Crippen LogP contribution in [0, 0.1) is 0 Å². The molecule has 4 heterocycles. The summed E-state index contributed by atoms with van der Waals surface area (Å²) in [5, 5.41) is 40.1. The Morgan fingerprint density at radius 3 is 0.767 bits per heavy atom. The van der Waals surface area contributed by atoms with Crippen LogP contribution in [-0.4, -0.2) is 171 Å². The topological polar surface area (TPSA) is 581 Å². The van der Waals surface area contributed by atoms with Crippen LogP contribution in [0.2, 0.25) is 0 Å². The highest BCUT2D eigenvalue weighted by Crippen LogP contribution is 2.43. The van der Waals surface area contributed by atoms with Crippen molar-refractivity contribution in [3.8, 4) is 0 Å². The molecule has 8 aliphatic rings. The summed E-state index contributed by atoms with van der Waals surface area (Å²) in [6.45, 7) is -1.60. The van der Waals surface area contributed by atoms with E-state index in [0.717, 1.165) is 283 Å². The number of aromatic nitrogens is 8. The van der Waals surface area contributed by atoms with Gasteiger partial charge in [0.15, 0.2) is 10.1 Å². The molecule has 42 nitrogen and oxygen atoms in total. The van der Waals surface area contributed by atoms with E-state index in [1.54, 1.807) is 121 Å². The Morgan fingerprint density at radius 1 is 0.260 bits per heavy atom. The molecule has 8 aromatic carbocycles. The van der Waals surface area contributed by atoms with Crippen molar-refractivity contribution in [2.24, 2.45) is 0 Å². The van der Waals surface area contributed by atoms with Gasteiger partial charge < -0.3 is 53.2 Å². The van der Waals surface area contributed by atoms with E-state index in [-0.39, 0.29) is 22.9 Å². The van der Waals surface area contributed by atoms with Crippen LogP contribution in [0.1, 0.15) is 180 Å². The number of aryl methyl sites for hydroxylation is 8. The number of sulfonamides is 4. The van der Waals surface area contributed by atoms with E-state index in [9.17, 15) is 91.2 Å². The molecule has 756 valence electrons. The van der Waals surface area contributed by atoms with Crippen LogP contribution in [0.5, 0.6) is 0 Å². The lowest BCUT2D eigenvalue weighted by atomic mass is 9.99. The van der Waals surface area contributed by atoms with Gasteiger partial charge in [-0.3, -0.25) is 28.8 Å². The molecule has 14 N–H and O–H groups in total. The number of nitrogens with zero attached hydrogens (tertiary/aromatic N) is 8. The molecule has 0 unspecified atom stereocenters. The molecule has 0 radical (unpaired) electrons. The summed E-state index contributed by atoms with van der Waals surface area (Å²) < 4.78 is 113. The summed E-state index contributed by atoms with van der Waals surface area (Å²) in [6.07, 6.45) is 28.7. The number of hydrogen-bond donors (Lipinski definition) is 14. The van der Waals surface area contributed by atoms with Gasteiger partial charge in [-0.15, -0.1) is 0 Å². The molecule has 0 bridgehead atoms. The lowest BCUT2D eigenvalue weighted by molar-refractivity contribution is 0.0849. The third-order valence-corrected chi connectivity index (χ3v) is 30.9. The van der Waals surface area contributed by atoms with Gasteiger partial charge in [-0.05, 0) is 304 Å². The summed E-state index contributed by atoms with van der Waals surface area (Å²) in [6, 6.07) is 40.5. The van der Waals surface area contributed by atoms with Crippen LogP contribution < -0.4 is 72.1 Å². The third-order valence-electron chi connectivity index (χ3n) is 25.9. The second kappa shape index (κ2) is 44.2. The Balaban J connectivity index is 0.000000133. The van der Waals surface area contributed by atoms with Crippen LogP contribution in [-0.2, 0) is 143 Å². The number of urea groups is 6. The molecule has 0 aliphatic heterocycles. The minimum Gasteiger partial charge on any atom is -0.343 e. The Kier molecular flexibility index (Phi) is 30.7. The highest BCUT2D eigenvalue weighted by atomic mass is 32.2. The van der Waals surface area contributed by atoms with Crippen molar-refractivity contribution in [2.45, 2.75) is 174 Å². The molecule has 14 amide bonds. The number of anilines is 6. The maximum atomic E-state index is 12.8. The monoisotopic (exact) mass is 2060 g/mol. The summed E-state index contributed by atoms with van der Waals surface area (Å²) in [4.78, 5) is 148. The molecule has 0 saturated heterocycles. The molecule has 20 rings (SSSR count). The van der Waals surface area contributed by atoms with E-state index < -0.39 is 135 Å². The van der Waals surface area contributed by atoms with Gasteiger partial charge in [-0.2, -0.15) is 37.2 Å². The number of rotatable bonds is 24. The van der Waals surface area contributed by atoms with Crippen molar-refractivity contribution in [2.75, 3.05) is 58.1 Å². The predicted octanol–water partition coefficient (Wildman–Crippen LogP) is 10.5. The van der Waals surface area contributed by atoms with Crippen LogP contribution in [0.15, 0.2) is 215 Å². The van der Waals surface area contributed by atoms with Crippen LogP contribution in [0.3, 0.4) is 0 Å². The molecule has 0 spiro atoms. The number of fused-ring (bicyclic) bond motifs is 8. The SMILES string of the molecule is O=C(NCC(=O)n1cc(S(=O)(=O)NC(=O)Nc2c3c(cc4c2CCC4)CCC3)cn1)Nc1ccccc1.O=C(NCC(=O)n1ccc(S(=O)(=O)NC(=O)Nc2c3c(cc4c2CCC4)CCC3)n1)Nc1ccccc1.O=C(Nc1c2c(cc3c1CCC3)CCC2)NS(=O)(=O)c1ccn(C(=O)CNC(=O)c2ccccc2)n1.O=C(Nc1c2c(cc3c1CCC3)CCC2)NS(=O)(=O)c1cnn(C(=O)CNC(=O)c2ccccc2)c1. The first-order valence-corrected chi connectivity index (χ1v) is 53.4. The zero-order valence-corrected chi connectivity index (χ0v) is 81.9. The number of benzene rings is 8. The number of carbonyl (C=O) groups is 12. The van der Waals surface area contributed by atoms with Crippen molar-refractivity contribution >= 4 is 146 Å². The zero-order chi connectivity index (χ0) is 103. The summed E-state index contributed by atoms with van der Waals surface area (Å²) in [5.41, 5.74) is 23.1. The fourth-order valence-corrected chi connectivity index (χ4v) is 22.5. The van der Waals surface area contributed by atoms with Gasteiger partial charge in [0, 0.05) is 57.6 Å². The molecule has 8 aliphatic carbocycles. The quantitative estimate of drug-likeness (QED) is 0.0267. The van der Waals surface area contributed by atoms with E-state index in [4.69, 9.17) is 0 Å². The Bertz CT molecular complexity index is 7110. The second-order valence-corrected chi connectivity index (χ2v) is 42.3. The second-order valence-electron chi connectivity index (χ2n) is 35.6. The maximum Gasteiger partial charge on any atom is 0.333 e. The molecule has 12 aromatic rings. The number of hydrogen-bond acceptors (Lipinski definition) is 24. The average Bonchev–Trinajstić information content (AvgIpc) is 1.63. The van der Waals surface area contributed by atoms with Crippen LogP contribution in [0.4, 0.5) is 62.9 Å². The van der Waals surface area contributed by atoms with Crippen molar-refractivity contribution in [3.63, 3.8) is 0 Å². The van der Waals surface area contributed by atoms with Gasteiger partial charge in [0.1, 0.15) is 22.9 Å². The first-order chi connectivity index (χ1) is 70.2. The van der Waals surface area contributed by atoms with Crippen LogP contribution >= 0.6 is 0 Å². The minimum atomic E-state index is -4.34. The Labute approximate surface area is 838 Å². The summed E-state index contributed by atoms with van der Waals surface area (Å²) >= 11 is 0. The molecule has 4 aromatic heterocycles. The van der Waals surface area contributed by atoms with Gasteiger partial charge in [-0.25, -0.2) is 83.2 Å². The molecule has 0 saturated carbocycles. The van der Waals surface area contributed by atoms with Gasteiger partial charge in [-0.1, -0.05) is 97.1 Å². The Hall–Kier alpha value is -16.4. The zero-order valence-electron chi connectivity index (χ0n) is 78.6. The fraction of sp³-hybridized carbons (Fsp3) is 0.280. The van der Waals surface area contributed by atoms with Gasteiger partial charge >= 0.3 is 36.2 Å². The first-order valence-electron chi connectivity index (χ1n) is 47.4. The van der Waals surface area contributed by atoms with Crippen molar-refractivity contribution in [1.29, 1.82) is 0 Å². The average molecular weight is 2060 g/mol. The number of nitrogens with one attached hydrogen (secondary N) is 14. The summed E-state index contributed by atoms with van der Waals surface area (Å²) in [7, 11) is -17.2. The Morgan fingerprint density at radius 2 is 0.500 bits per heavy atom. The van der Waals surface area contributed by atoms with Gasteiger partial charge in [0.05, 0.1) is 37.9 Å². The van der Waals surface area contributed by atoms with Crippen molar-refractivity contribution in [1.82, 2.24) is 79.3 Å². The third kappa shape index (κ3) is 24.1. The van der Waals surface area contributed by atoms with E-state index >= 15 is 0 Å². The smallest absolute Gasteiger partial charge is 0.333 e. The molecule has 46 heteroatoms. The predicted molar refractivity (Wildman–Crippen MR) is 535 cm³/mol. The highest BCUT2D eigenvalue weighted by Gasteiger charge is 2.35. The number of carbonyl (C=O) groups excluding carboxylic acids is 12. The number of para-hydroxylation sites is 2. The summed E-state index contributed by atoms with van der Waals surface area (Å²) in [5.74, 6) is -3.49. The largest absolute Gasteiger partial charge is 0.343 e. The first kappa shape index (κ1) is 101. The van der Waals surface area contributed by atoms with Crippen molar-refractivity contribution < 1.29 is 91.2 Å². The molecule has 0 fully saturated rings. The molecule has 0 atom stereocenters. The molecule has 146 heavy (non-hydrogen) atoms. The maximum absolute atomic E-state index is 12.8. The minimum absolute atomic E-state index is 0.344. The van der Waals surface area contributed by atoms with Crippen molar-refractivity contribution in [3.05, 3.63) is 295 Å². The molecular formula is C100H102N22O20S4. The molecular weight excluding hydrogens is 1960 g/mol. The van der Waals surface area contributed by atoms with E-state index in [1.807, 2.05) is 18.9 Å². The van der Waals surface area contributed by atoms with E-state index in [0.29, 0.717) is 22.5 Å². The van der Waals surface area contributed by atoms with Gasteiger partial charge in [0.2, 0.25) is 0 Å². The number of amides is 14. The fourth-order valence-electron chi connectivity index (χ4n) is 19.2.